The third kappa shape index (κ3) is 4.68. The number of benzene rings is 1. The molecule has 0 radical (unpaired) electrons. The van der Waals surface area contributed by atoms with Crippen LogP contribution in [0.2, 0.25) is 5.02 Å². The maximum absolute atomic E-state index is 13.0. The average molecular weight is 440 g/mol. The van der Waals surface area contributed by atoms with Gasteiger partial charge < -0.3 is 24.4 Å². The fourth-order valence-electron chi connectivity index (χ4n) is 3.72. The van der Waals surface area contributed by atoms with Gasteiger partial charge in [-0.15, -0.1) is 0 Å². The minimum atomic E-state index is -0.244. The van der Waals surface area contributed by atoms with E-state index in [4.69, 9.17) is 16.3 Å². The molecule has 4 rings (SSSR count). The van der Waals surface area contributed by atoms with Crippen LogP contribution >= 0.6 is 11.6 Å². The topological polar surface area (TPSA) is 62.6 Å². The van der Waals surface area contributed by atoms with Crippen molar-refractivity contribution in [1.29, 1.82) is 0 Å². The Balaban J connectivity index is 1.52. The van der Waals surface area contributed by atoms with Crippen molar-refractivity contribution in [1.82, 2.24) is 19.8 Å². The summed E-state index contributed by atoms with van der Waals surface area (Å²) in [5, 5.41) is 3.47. The molecule has 0 unspecified atom stereocenters. The van der Waals surface area contributed by atoms with Gasteiger partial charge in [-0.2, -0.15) is 0 Å². The van der Waals surface area contributed by atoms with Crippen LogP contribution in [0, 0.1) is 0 Å². The predicted octanol–water partition coefficient (Wildman–Crippen LogP) is 3.22. The van der Waals surface area contributed by atoms with E-state index in [0.717, 1.165) is 43.2 Å². The first-order valence-electron chi connectivity index (χ1n) is 10.2. The third-order valence-electron chi connectivity index (χ3n) is 5.51. The molecule has 1 aliphatic heterocycles. The van der Waals surface area contributed by atoms with Gasteiger partial charge in [0.15, 0.2) is 0 Å². The molecule has 1 amide bonds. The van der Waals surface area contributed by atoms with Gasteiger partial charge in [0.2, 0.25) is 0 Å². The summed E-state index contributed by atoms with van der Waals surface area (Å²) in [6.07, 6.45) is 5.58. The highest BCUT2D eigenvalue weighted by molar-refractivity contribution is 6.33. The van der Waals surface area contributed by atoms with Crippen LogP contribution in [0.3, 0.4) is 0 Å². The zero-order chi connectivity index (χ0) is 21.8. The Morgan fingerprint density at radius 2 is 1.90 bits per heavy atom. The normalized spacial score (nSPS) is 14.5. The first-order valence-corrected chi connectivity index (χ1v) is 10.6. The maximum atomic E-state index is 13.0. The summed E-state index contributed by atoms with van der Waals surface area (Å²) < 4.78 is 7.36. The second-order valence-electron chi connectivity index (χ2n) is 7.55. The highest BCUT2D eigenvalue weighted by Crippen LogP contribution is 2.30. The van der Waals surface area contributed by atoms with Crippen LogP contribution < -0.4 is 15.0 Å². The summed E-state index contributed by atoms with van der Waals surface area (Å²) in [5.41, 5.74) is 2.13. The van der Waals surface area contributed by atoms with Crippen molar-refractivity contribution in [2.75, 3.05) is 45.2 Å². The van der Waals surface area contributed by atoms with E-state index in [1.807, 2.05) is 41.2 Å². The van der Waals surface area contributed by atoms with E-state index in [1.54, 1.807) is 25.4 Å². The molecule has 7 nitrogen and oxygen atoms in total. The summed E-state index contributed by atoms with van der Waals surface area (Å²) >= 11 is 6.47. The van der Waals surface area contributed by atoms with E-state index >= 15 is 0 Å². The number of nitrogens with zero attached hydrogens (tertiary/aromatic N) is 4. The van der Waals surface area contributed by atoms with Gasteiger partial charge in [0.25, 0.3) is 5.91 Å². The monoisotopic (exact) mass is 439 g/mol. The number of carbonyl (C=O) groups is 1. The molecule has 0 spiro atoms. The Labute approximate surface area is 187 Å². The lowest BCUT2D eigenvalue weighted by Gasteiger charge is -2.34. The summed E-state index contributed by atoms with van der Waals surface area (Å²) in [6, 6.07) is 11.1. The molecule has 0 bridgehead atoms. The van der Waals surface area contributed by atoms with Gasteiger partial charge in [-0.05, 0) is 31.3 Å². The number of anilines is 1. The van der Waals surface area contributed by atoms with E-state index in [9.17, 15) is 4.79 Å². The lowest BCUT2D eigenvalue weighted by Crippen LogP contribution is -2.45. The van der Waals surface area contributed by atoms with Crippen molar-refractivity contribution in [2.24, 2.45) is 0 Å². The molecule has 0 aliphatic carbocycles. The van der Waals surface area contributed by atoms with Crippen LogP contribution in [0.25, 0.3) is 5.69 Å². The van der Waals surface area contributed by atoms with Crippen LogP contribution in [0.1, 0.15) is 15.9 Å². The Kier molecular flexibility index (Phi) is 6.44. The second kappa shape index (κ2) is 9.41. The molecule has 1 fully saturated rings. The Hall–Kier alpha value is -3.03. The number of hydrogen-bond donors (Lipinski definition) is 1. The van der Waals surface area contributed by atoms with Gasteiger partial charge in [-0.1, -0.05) is 17.7 Å². The largest absolute Gasteiger partial charge is 0.496 e. The van der Waals surface area contributed by atoms with Crippen LogP contribution in [0.15, 0.2) is 55.0 Å². The molecule has 162 valence electrons. The molecular formula is C23H26ClN5O2. The molecule has 8 heteroatoms. The summed E-state index contributed by atoms with van der Waals surface area (Å²) in [5.74, 6) is 1.14. The second-order valence-corrected chi connectivity index (χ2v) is 7.96. The fraction of sp³-hybridized carbons (Fsp3) is 0.304. The number of piperazine rings is 1. The molecular weight excluding hydrogens is 414 g/mol. The highest BCUT2D eigenvalue weighted by Gasteiger charge is 2.20. The standard InChI is InChI=1S/C23H26ClN5O2/c1-27-10-12-29(13-11-27)22-17(6-5-7-25-22)16-26-23(30)18-14-19(24)20(15-21(18)31-2)28-8-3-4-9-28/h3-9,14-15H,10-13,16H2,1-2H3,(H,26,30). The number of rotatable bonds is 6. The minimum Gasteiger partial charge on any atom is -0.496 e. The van der Waals surface area contributed by atoms with Gasteiger partial charge in [-0.3, -0.25) is 4.79 Å². The molecule has 3 heterocycles. The number of methoxy groups -OCH3 is 1. The van der Waals surface area contributed by atoms with E-state index in [-0.39, 0.29) is 5.91 Å². The molecule has 0 saturated carbocycles. The molecule has 1 N–H and O–H groups in total. The Morgan fingerprint density at radius 3 is 2.61 bits per heavy atom. The average Bonchev–Trinajstić information content (AvgIpc) is 3.33. The van der Waals surface area contributed by atoms with Crippen molar-refractivity contribution in [2.45, 2.75) is 6.54 Å². The minimum absolute atomic E-state index is 0.244. The summed E-state index contributed by atoms with van der Waals surface area (Å²) in [6.45, 7) is 4.18. The van der Waals surface area contributed by atoms with Gasteiger partial charge in [0.05, 0.1) is 23.4 Å². The van der Waals surface area contributed by atoms with Crippen LogP contribution in [0.4, 0.5) is 5.82 Å². The van der Waals surface area contributed by atoms with Crippen molar-refractivity contribution < 1.29 is 9.53 Å². The third-order valence-corrected chi connectivity index (χ3v) is 5.81. The predicted molar refractivity (Wildman–Crippen MR) is 122 cm³/mol. The Bertz CT molecular complexity index is 1050. The summed E-state index contributed by atoms with van der Waals surface area (Å²) in [4.78, 5) is 22.1. The molecule has 1 aromatic carbocycles. The van der Waals surface area contributed by atoms with Crippen molar-refractivity contribution in [3.05, 3.63) is 71.1 Å². The zero-order valence-electron chi connectivity index (χ0n) is 17.7. The first-order chi connectivity index (χ1) is 15.1. The molecule has 1 aliphatic rings. The molecule has 1 saturated heterocycles. The number of ether oxygens (including phenoxy) is 1. The van der Waals surface area contributed by atoms with E-state index in [2.05, 4.69) is 27.1 Å². The number of halogens is 1. The SMILES string of the molecule is COc1cc(-n2cccc2)c(Cl)cc1C(=O)NCc1cccnc1N1CCN(C)CC1. The lowest BCUT2D eigenvalue weighted by molar-refractivity contribution is 0.0948. The quantitative estimate of drug-likeness (QED) is 0.639. The molecule has 2 aromatic heterocycles. The first kappa shape index (κ1) is 21.2. The van der Waals surface area contributed by atoms with Crippen LogP contribution in [0.5, 0.6) is 5.75 Å². The molecule has 3 aromatic rings. The number of likely N-dealkylation sites (N-methyl/N-ethyl adjacent to an activating group) is 1. The molecule has 31 heavy (non-hydrogen) atoms. The van der Waals surface area contributed by atoms with Crippen molar-refractivity contribution in [3.8, 4) is 11.4 Å². The van der Waals surface area contributed by atoms with Crippen molar-refractivity contribution in [3.63, 3.8) is 0 Å². The number of aromatic nitrogens is 2. The van der Waals surface area contributed by atoms with Gasteiger partial charge in [-0.25, -0.2) is 4.98 Å². The number of carbonyl (C=O) groups excluding carboxylic acids is 1. The van der Waals surface area contributed by atoms with Gasteiger partial charge in [0, 0.05) is 62.9 Å². The Morgan fingerprint density at radius 1 is 1.16 bits per heavy atom. The maximum Gasteiger partial charge on any atom is 0.255 e. The van der Waals surface area contributed by atoms with Gasteiger partial charge in [0.1, 0.15) is 11.6 Å². The highest BCUT2D eigenvalue weighted by atomic mass is 35.5. The van der Waals surface area contributed by atoms with Crippen LogP contribution in [-0.4, -0.2) is 60.7 Å². The van der Waals surface area contributed by atoms with E-state index in [1.165, 1.54) is 0 Å². The lowest BCUT2D eigenvalue weighted by atomic mass is 10.1. The zero-order valence-corrected chi connectivity index (χ0v) is 18.5. The van der Waals surface area contributed by atoms with E-state index < -0.39 is 0 Å². The molecule has 0 atom stereocenters. The number of amides is 1. The van der Waals surface area contributed by atoms with Gasteiger partial charge >= 0.3 is 0 Å². The van der Waals surface area contributed by atoms with E-state index in [0.29, 0.717) is 22.9 Å². The summed E-state index contributed by atoms with van der Waals surface area (Å²) in [7, 11) is 3.67. The number of pyridine rings is 1. The fourth-order valence-corrected chi connectivity index (χ4v) is 3.99. The van der Waals surface area contributed by atoms with Crippen molar-refractivity contribution >= 4 is 23.3 Å². The number of nitrogens with one attached hydrogen (secondary N) is 1. The number of hydrogen-bond acceptors (Lipinski definition) is 5. The van der Waals surface area contributed by atoms with Crippen LogP contribution in [-0.2, 0) is 6.54 Å². The smallest absolute Gasteiger partial charge is 0.255 e.